The van der Waals surface area contributed by atoms with Crippen molar-refractivity contribution in [2.75, 3.05) is 32.8 Å². The molecule has 2 rings (SSSR count). The van der Waals surface area contributed by atoms with Crippen molar-refractivity contribution in [3.05, 3.63) is 16.1 Å². The van der Waals surface area contributed by atoms with E-state index in [1.807, 2.05) is 6.92 Å². The van der Waals surface area contributed by atoms with E-state index in [2.05, 4.69) is 30.8 Å². The first-order valence-corrected chi connectivity index (χ1v) is 6.25. The van der Waals surface area contributed by atoms with Crippen LogP contribution in [-0.2, 0) is 4.74 Å². The van der Waals surface area contributed by atoms with Gasteiger partial charge in [0, 0.05) is 19.6 Å². The van der Waals surface area contributed by atoms with E-state index in [-0.39, 0.29) is 6.04 Å². The molecule has 2 heterocycles. The second-order valence-corrected chi connectivity index (χ2v) is 4.68. The molecular formula is C10H17BrN4O. The number of hydrogen-bond acceptors (Lipinski definition) is 4. The highest BCUT2D eigenvalue weighted by Gasteiger charge is 2.24. The fraction of sp³-hybridized carbons (Fsp3) is 0.700. The van der Waals surface area contributed by atoms with E-state index < -0.39 is 0 Å². The number of morpholine rings is 1. The number of aromatic amines is 1. The molecule has 3 N–H and O–H groups in total. The smallest absolute Gasteiger partial charge is 0.129 e. The summed E-state index contributed by atoms with van der Waals surface area (Å²) in [4.78, 5) is 9.93. The number of imidazole rings is 1. The zero-order valence-corrected chi connectivity index (χ0v) is 11.0. The van der Waals surface area contributed by atoms with Crippen LogP contribution in [0.25, 0.3) is 0 Å². The lowest BCUT2D eigenvalue weighted by Crippen LogP contribution is -2.42. The number of halogens is 1. The minimum atomic E-state index is 0.194. The molecule has 16 heavy (non-hydrogen) atoms. The molecule has 0 aromatic carbocycles. The molecule has 0 bridgehead atoms. The summed E-state index contributed by atoms with van der Waals surface area (Å²) in [5, 5.41) is 0. The fourth-order valence-corrected chi connectivity index (χ4v) is 2.67. The number of hydrogen-bond donors (Lipinski definition) is 2. The summed E-state index contributed by atoms with van der Waals surface area (Å²) in [6.45, 7) is 5.93. The normalized spacial score (nSPS) is 19.9. The van der Waals surface area contributed by atoms with Crippen LogP contribution in [0.5, 0.6) is 0 Å². The number of ether oxygens (including phenoxy) is 1. The van der Waals surface area contributed by atoms with Crippen LogP contribution in [0.3, 0.4) is 0 Å². The highest BCUT2D eigenvalue weighted by Crippen LogP contribution is 2.25. The molecule has 0 saturated carbocycles. The van der Waals surface area contributed by atoms with Crippen LogP contribution < -0.4 is 5.73 Å². The Balaban J connectivity index is 2.17. The summed E-state index contributed by atoms with van der Waals surface area (Å²) < 4.78 is 6.21. The van der Waals surface area contributed by atoms with E-state index in [9.17, 15) is 0 Å². The highest BCUT2D eigenvalue weighted by atomic mass is 79.9. The van der Waals surface area contributed by atoms with Gasteiger partial charge in [0.25, 0.3) is 0 Å². The molecule has 1 aliphatic heterocycles. The van der Waals surface area contributed by atoms with Crippen LogP contribution in [0.2, 0.25) is 0 Å². The van der Waals surface area contributed by atoms with Gasteiger partial charge in [-0.3, -0.25) is 4.90 Å². The molecule has 1 atom stereocenters. The van der Waals surface area contributed by atoms with Crippen molar-refractivity contribution in [3.63, 3.8) is 0 Å². The number of nitrogens with one attached hydrogen (secondary N) is 1. The van der Waals surface area contributed by atoms with Crippen molar-refractivity contribution in [2.45, 2.75) is 13.0 Å². The molecule has 1 aliphatic rings. The second-order valence-electron chi connectivity index (χ2n) is 3.93. The third-order valence-electron chi connectivity index (χ3n) is 2.85. The Morgan fingerprint density at radius 1 is 1.56 bits per heavy atom. The minimum absolute atomic E-state index is 0.194. The largest absolute Gasteiger partial charge is 0.379 e. The number of rotatable bonds is 3. The van der Waals surface area contributed by atoms with Crippen LogP contribution in [-0.4, -0.2) is 47.7 Å². The molecule has 0 spiro atoms. The number of H-pyrrole nitrogens is 1. The van der Waals surface area contributed by atoms with E-state index in [0.717, 1.165) is 42.4 Å². The topological polar surface area (TPSA) is 67.2 Å². The van der Waals surface area contributed by atoms with Gasteiger partial charge in [-0.05, 0) is 22.9 Å². The van der Waals surface area contributed by atoms with Gasteiger partial charge in [-0.15, -0.1) is 0 Å². The summed E-state index contributed by atoms with van der Waals surface area (Å²) in [5.41, 5.74) is 6.93. The van der Waals surface area contributed by atoms with Gasteiger partial charge in [-0.1, -0.05) is 0 Å². The summed E-state index contributed by atoms with van der Waals surface area (Å²) in [7, 11) is 0. The Kier molecular flexibility index (Phi) is 3.96. The van der Waals surface area contributed by atoms with E-state index in [4.69, 9.17) is 10.5 Å². The molecule has 1 aromatic rings. The first-order valence-electron chi connectivity index (χ1n) is 5.46. The molecule has 1 saturated heterocycles. The van der Waals surface area contributed by atoms with Crippen LogP contribution in [0.15, 0.2) is 4.60 Å². The van der Waals surface area contributed by atoms with E-state index in [1.54, 1.807) is 0 Å². The van der Waals surface area contributed by atoms with Gasteiger partial charge in [0.05, 0.1) is 24.9 Å². The first kappa shape index (κ1) is 12.0. The lowest BCUT2D eigenvalue weighted by molar-refractivity contribution is 0.0170. The predicted octanol–water partition coefficient (Wildman–Crippen LogP) is 0.813. The molecular weight excluding hydrogens is 272 g/mol. The van der Waals surface area contributed by atoms with E-state index in [1.165, 1.54) is 0 Å². The average molecular weight is 289 g/mol. The number of aromatic nitrogens is 2. The molecule has 1 aromatic heterocycles. The van der Waals surface area contributed by atoms with E-state index in [0.29, 0.717) is 6.54 Å². The Morgan fingerprint density at radius 2 is 2.25 bits per heavy atom. The number of nitrogens with two attached hydrogens (primary N) is 1. The molecule has 6 heteroatoms. The fourth-order valence-electron chi connectivity index (χ4n) is 2.04. The molecule has 1 fully saturated rings. The molecule has 5 nitrogen and oxygen atoms in total. The van der Waals surface area contributed by atoms with Gasteiger partial charge in [-0.25, -0.2) is 4.98 Å². The molecule has 0 aliphatic carbocycles. The van der Waals surface area contributed by atoms with Gasteiger partial charge in [-0.2, -0.15) is 0 Å². The Bertz CT molecular complexity index is 349. The maximum Gasteiger partial charge on any atom is 0.129 e. The Hall–Kier alpha value is -0.430. The minimum Gasteiger partial charge on any atom is -0.379 e. The van der Waals surface area contributed by atoms with Crippen LogP contribution in [0.4, 0.5) is 0 Å². The van der Waals surface area contributed by atoms with Crippen molar-refractivity contribution < 1.29 is 4.74 Å². The monoisotopic (exact) mass is 288 g/mol. The van der Waals surface area contributed by atoms with Gasteiger partial charge >= 0.3 is 0 Å². The lowest BCUT2D eigenvalue weighted by atomic mass is 10.2. The second kappa shape index (κ2) is 5.27. The number of nitrogens with zero attached hydrogens (tertiary/aromatic N) is 2. The van der Waals surface area contributed by atoms with Gasteiger partial charge in [0.2, 0.25) is 0 Å². The quantitative estimate of drug-likeness (QED) is 0.864. The van der Waals surface area contributed by atoms with Crippen molar-refractivity contribution in [3.8, 4) is 0 Å². The maximum atomic E-state index is 5.86. The van der Waals surface area contributed by atoms with Crippen molar-refractivity contribution in [2.24, 2.45) is 5.73 Å². The van der Waals surface area contributed by atoms with Gasteiger partial charge in [0.15, 0.2) is 0 Å². The summed E-state index contributed by atoms with van der Waals surface area (Å²) in [5.74, 6) is 0.911. The zero-order chi connectivity index (χ0) is 11.5. The van der Waals surface area contributed by atoms with Crippen LogP contribution in [0, 0.1) is 6.92 Å². The molecule has 0 amide bonds. The predicted molar refractivity (Wildman–Crippen MR) is 65.2 cm³/mol. The van der Waals surface area contributed by atoms with Crippen molar-refractivity contribution >= 4 is 15.9 Å². The Labute approximate surface area is 103 Å². The summed E-state index contributed by atoms with van der Waals surface area (Å²) >= 11 is 3.47. The average Bonchev–Trinajstić information content (AvgIpc) is 2.61. The van der Waals surface area contributed by atoms with Crippen LogP contribution in [0.1, 0.15) is 17.6 Å². The standard InChI is InChI=1S/C10H17BrN4O/c1-7-13-9(10(11)14-7)8(6-12)15-2-4-16-5-3-15/h8H,2-6,12H2,1H3,(H,13,14). The maximum absolute atomic E-state index is 5.86. The van der Waals surface area contributed by atoms with Crippen molar-refractivity contribution in [1.29, 1.82) is 0 Å². The third kappa shape index (κ3) is 2.45. The highest BCUT2D eigenvalue weighted by molar-refractivity contribution is 9.10. The molecule has 90 valence electrons. The summed E-state index contributed by atoms with van der Waals surface area (Å²) in [6.07, 6.45) is 0. The molecule has 0 radical (unpaired) electrons. The lowest BCUT2D eigenvalue weighted by Gasteiger charge is -2.33. The van der Waals surface area contributed by atoms with Crippen molar-refractivity contribution in [1.82, 2.24) is 14.9 Å². The number of aryl methyl sites for hydroxylation is 1. The van der Waals surface area contributed by atoms with Gasteiger partial charge < -0.3 is 15.5 Å². The summed E-state index contributed by atoms with van der Waals surface area (Å²) in [6, 6.07) is 0.194. The van der Waals surface area contributed by atoms with Gasteiger partial charge in [0.1, 0.15) is 10.4 Å². The third-order valence-corrected chi connectivity index (χ3v) is 3.45. The van der Waals surface area contributed by atoms with Crippen LogP contribution >= 0.6 is 15.9 Å². The Morgan fingerprint density at radius 3 is 2.75 bits per heavy atom. The van der Waals surface area contributed by atoms with E-state index >= 15 is 0 Å². The zero-order valence-electron chi connectivity index (χ0n) is 9.37. The molecule has 1 unspecified atom stereocenters. The SMILES string of the molecule is Cc1nc(Br)c(C(CN)N2CCOCC2)[nH]1. The first-order chi connectivity index (χ1) is 7.72.